The molecular formula is C9H9ClN4O2. The second-order valence-corrected chi connectivity index (χ2v) is 3.94. The Morgan fingerprint density at radius 1 is 1.38 bits per heavy atom. The molecule has 1 N–H and O–H groups in total. The second kappa shape index (κ2) is 3.71. The number of H-pyrrole nitrogens is 1. The molecular weight excluding hydrogens is 232 g/mol. The van der Waals surface area contributed by atoms with E-state index in [1.807, 2.05) is 0 Å². The highest BCUT2D eigenvalue weighted by molar-refractivity contribution is 6.33. The van der Waals surface area contributed by atoms with Crippen molar-refractivity contribution in [1.29, 1.82) is 0 Å². The van der Waals surface area contributed by atoms with E-state index in [4.69, 9.17) is 11.6 Å². The molecule has 0 aliphatic heterocycles. The molecule has 2 heterocycles. The van der Waals surface area contributed by atoms with Crippen molar-refractivity contribution in [3.8, 4) is 0 Å². The SMILES string of the molecule is CC(C)n1c(=O)c(=O)[nH]c2c(Cl)ncnc21. The summed E-state index contributed by atoms with van der Waals surface area (Å²) in [6.07, 6.45) is 1.25. The van der Waals surface area contributed by atoms with E-state index in [0.29, 0.717) is 5.65 Å². The number of nitrogens with one attached hydrogen (secondary N) is 1. The fourth-order valence-electron chi connectivity index (χ4n) is 1.50. The van der Waals surface area contributed by atoms with Crippen molar-refractivity contribution in [2.45, 2.75) is 19.9 Å². The Bertz CT molecular complexity index is 659. The van der Waals surface area contributed by atoms with Crippen molar-refractivity contribution in [2.24, 2.45) is 0 Å². The largest absolute Gasteiger partial charge is 0.318 e. The molecule has 0 atom stereocenters. The van der Waals surface area contributed by atoms with Crippen LogP contribution >= 0.6 is 11.6 Å². The molecule has 0 amide bonds. The minimum absolute atomic E-state index is 0.122. The maximum absolute atomic E-state index is 11.7. The zero-order valence-corrected chi connectivity index (χ0v) is 9.45. The number of aromatic nitrogens is 4. The van der Waals surface area contributed by atoms with Crippen LogP contribution in [0.4, 0.5) is 0 Å². The lowest BCUT2D eigenvalue weighted by molar-refractivity contribution is 0.587. The van der Waals surface area contributed by atoms with E-state index >= 15 is 0 Å². The van der Waals surface area contributed by atoms with Crippen LogP contribution in [0.15, 0.2) is 15.9 Å². The van der Waals surface area contributed by atoms with Gasteiger partial charge in [0.05, 0.1) is 0 Å². The van der Waals surface area contributed by atoms with Gasteiger partial charge in [-0.15, -0.1) is 0 Å². The van der Waals surface area contributed by atoms with Crippen LogP contribution in [-0.4, -0.2) is 19.5 Å². The Morgan fingerprint density at radius 2 is 2.06 bits per heavy atom. The molecule has 0 aliphatic carbocycles. The number of halogens is 1. The molecule has 2 aromatic heterocycles. The van der Waals surface area contributed by atoms with Gasteiger partial charge in [0.1, 0.15) is 11.8 Å². The molecule has 0 fully saturated rings. The minimum Gasteiger partial charge on any atom is -0.312 e. The van der Waals surface area contributed by atoms with Crippen LogP contribution < -0.4 is 11.1 Å². The summed E-state index contributed by atoms with van der Waals surface area (Å²) in [5, 5.41) is 0.122. The predicted molar refractivity (Wildman–Crippen MR) is 59.8 cm³/mol. The quantitative estimate of drug-likeness (QED) is 0.588. The molecule has 0 aromatic carbocycles. The number of nitrogens with zero attached hydrogens (tertiary/aromatic N) is 3. The van der Waals surface area contributed by atoms with Gasteiger partial charge in [0, 0.05) is 6.04 Å². The molecule has 6 nitrogen and oxygen atoms in total. The fraction of sp³-hybridized carbons (Fsp3) is 0.333. The first-order chi connectivity index (χ1) is 7.52. The monoisotopic (exact) mass is 240 g/mol. The van der Waals surface area contributed by atoms with E-state index in [2.05, 4.69) is 15.0 Å². The maximum Gasteiger partial charge on any atom is 0.318 e. The highest BCUT2D eigenvalue weighted by atomic mass is 35.5. The Balaban J connectivity index is 3.07. The van der Waals surface area contributed by atoms with E-state index in [1.54, 1.807) is 13.8 Å². The van der Waals surface area contributed by atoms with Gasteiger partial charge in [0.15, 0.2) is 10.8 Å². The molecule has 0 radical (unpaired) electrons. The number of hydrogen-bond acceptors (Lipinski definition) is 4. The lowest BCUT2D eigenvalue weighted by Crippen LogP contribution is -2.37. The van der Waals surface area contributed by atoms with E-state index < -0.39 is 11.1 Å². The molecule has 0 saturated heterocycles. The van der Waals surface area contributed by atoms with Crippen molar-refractivity contribution < 1.29 is 0 Å². The highest BCUT2D eigenvalue weighted by Gasteiger charge is 2.13. The van der Waals surface area contributed by atoms with Crippen LogP contribution in [0.5, 0.6) is 0 Å². The zero-order valence-electron chi connectivity index (χ0n) is 8.69. The Labute approximate surface area is 94.9 Å². The number of rotatable bonds is 1. The van der Waals surface area contributed by atoms with Crippen molar-refractivity contribution in [3.63, 3.8) is 0 Å². The lowest BCUT2D eigenvalue weighted by atomic mass is 10.3. The summed E-state index contributed by atoms with van der Waals surface area (Å²) in [5.41, 5.74) is -0.753. The summed E-state index contributed by atoms with van der Waals surface area (Å²) in [7, 11) is 0. The van der Waals surface area contributed by atoms with Crippen LogP contribution in [-0.2, 0) is 0 Å². The van der Waals surface area contributed by atoms with Gasteiger partial charge in [-0.25, -0.2) is 9.97 Å². The van der Waals surface area contributed by atoms with Crippen LogP contribution in [0.2, 0.25) is 5.15 Å². The first-order valence-corrected chi connectivity index (χ1v) is 5.05. The highest BCUT2D eigenvalue weighted by Crippen LogP contribution is 2.15. The van der Waals surface area contributed by atoms with Crippen molar-refractivity contribution in [3.05, 3.63) is 32.2 Å². The Morgan fingerprint density at radius 3 is 2.69 bits per heavy atom. The molecule has 2 aromatic rings. The number of fused-ring (bicyclic) bond motifs is 1. The molecule has 16 heavy (non-hydrogen) atoms. The minimum atomic E-state index is -0.724. The molecule has 84 valence electrons. The number of hydrogen-bond donors (Lipinski definition) is 1. The average Bonchev–Trinajstić information content (AvgIpc) is 2.21. The van der Waals surface area contributed by atoms with Crippen LogP contribution in [0.25, 0.3) is 11.2 Å². The summed E-state index contributed by atoms with van der Waals surface area (Å²) in [5.74, 6) is 0. The number of aromatic amines is 1. The topological polar surface area (TPSA) is 80.6 Å². The normalized spacial score (nSPS) is 11.2. The first-order valence-electron chi connectivity index (χ1n) is 4.67. The van der Waals surface area contributed by atoms with Crippen LogP contribution in [0.3, 0.4) is 0 Å². The third-order valence-electron chi connectivity index (χ3n) is 2.18. The van der Waals surface area contributed by atoms with E-state index in [1.165, 1.54) is 10.9 Å². The van der Waals surface area contributed by atoms with Gasteiger partial charge >= 0.3 is 11.1 Å². The first kappa shape index (κ1) is 10.8. The summed E-state index contributed by atoms with van der Waals surface area (Å²) >= 11 is 5.82. The van der Waals surface area contributed by atoms with E-state index in [-0.39, 0.29) is 16.7 Å². The fourth-order valence-corrected chi connectivity index (χ4v) is 1.67. The van der Waals surface area contributed by atoms with Crippen LogP contribution in [0.1, 0.15) is 19.9 Å². The van der Waals surface area contributed by atoms with Crippen LogP contribution in [0, 0.1) is 0 Å². The van der Waals surface area contributed by atoms with E-state index in [9.17, 15) is 9.59 Å². The van der Waals surface area contributed by atoms with E-state index in [0.717, 1.165) is 0 Å². The molecule has 0 saturated carbocycles. The summed E-state index contributed by atoms with van der Waals surface area (Å²) in [4.78, 5) is 33.1. The third kappa shape index (κ3) is 1.51. The van der Waals surface area contributed by atoms with Gasteiger partial charge in [-0.3, -0.25) is 14.2 Å². The van der Waals surface area contributed by atoms with Gasteiger partial charge in [-0.2, -0.15) is 0 Å². The molecule has 0 aliphatic rings. The standard InChI is InChI=1S/C9H9ClN4O2/c1-4(2)14-7-5(6(10)11-3-12-7)13-8(15)9(14)16/h3-4H,1-2H3,(H,13,15). The smallest absolute Gasteiger partial charge is 0.312 e. The molecule has 2 rings (SSSR count). The molecule has 0 bridgehead atoms. The summed E-state index contributed by atoms with van der Waals surface area (Å²) < 4.78 is 1.29. The third-order valence-corrected chi connectivity index (χ3v) is 2.46. The Hall–Kier alpha value is -1.69. The summed E-state index contributed by atoms with van der Waals surface area (Å²) in [6.45, 7) is 3.58. The summed E-state index contributed by atoms with van der Waals surface area (Å²) in [6, 6.07) is -0.178. The van der Waals surface area contributed by atoms with Gasteiger partial charge in [-0.05, 0) is 13.8 Å². The van der Waals surface area contributed by atoms with Gasteiger partial charge in [0.2, 0.25) is 0 Å². The predicted octanol–water partition coefficient (Wildman–Crippen LogP) is 0.714. The second-order valence-electron chi connectivity index (χ2n) is 3.59. The van der Waals surface area contributed by atoms with Crippen molar-refractivity contribution in [1.82, 2.24) is 19.5 Å². The Kier molecular flexibility index (Phi) is 2.51. The lowest BCUT2D eigenvalue weighted by Gasteiger charge is -2.11. The van der Waals surface area contributed by atoms with Crippen molar-refractivity contribution >= 4 is 22.8 Å². The molecule has 0 unspecified atom stereocenters. The average molecular weight is 241 g/mol. The molecule has 7 heteroatoms. The van der Waals surface area contributed by atoms with Crippen molar-refractivity contribution in [2.75, 3.05) is 0 Å². The zero-order chi connectivity index (χ0) is 11.9. The van der Waals surface area contributed by atoms with Gasteiger partial charge in [0.25, 0.3) is 0 Å². The van der Waals surface area contributed by atoms with Gasteiger partial charge in [-0.1, -0.05) is 11.6 Å². The molecule has 0 spiro atoms. The van der Waals surface area contributed by atoms with Gasteiger partial charge < -0.3 is 4.98 Å². The maximum atomic E-state index is 11.7.